The normalized spacial score (nSPS) is 19.8. The van der Waals surface area contributed by atoms with Crippen molar-refractivity contribution in [2.75, 3.05) is 0 Å². The molecule has 0 unspecified atom stereocenters. The number of aryl methyl sites for hydroxylation is 3. The fraction of sp³-hybridized carbons (Fsp3) is 0.350. The van der Waals surface area contributed by atoms with Gasteiger partial charge in [-0.1, -0.05) is 36.8 Å². The molecule has 0 N–H and O–H groups in total. The molecule has 0 amide bonds. The van der Waals surface area contributed by atoms with Gasteiger partial charge in [-0.15, -0.1) is 16.4 Å². The molecule has 1 fully saturated rings. The Balaban J connectivity index is 1.57. The average molecular weight is 348 g/mol. The third kappa shape index (κ3) is 2.29. The molecule has 3 heterocycles. The van der Waals surface area contributed by atoms with Gasteiger partial charge in [-0.05, 0) is 43.7 Å². The summed E-state index contributed by atoms with van der Waals surface area (Å²) >= 11 is 1.76. The number of fused-ring (bicyclic) bond motifs is 3. The molecular weight excluding hydrogens is 328 g/mol. The standard InChI is InChI=1S/C20H20N4S/c1-4-14-12(3)25-20-17(14)19-22-18(23-24(19)10-21-20)16-9-15(16)13-7-5-11(2)6-8-13/h5-8,10,15-16H,4,9H2,1-3H3/t15-,16-/m1/s1. The second kappa shape index (κ2) is 5.36. The first-order chi connectivity index (χ1) is 12.2. The molecule has 0 radical (unpaired) electrons. The van der Waals surface area contributed by atoms with Gasteiger partial charge in [-0.25, -0.2) is 14.5 Å². The summed E-state index contributed by atoms with van der Waals surface area (Å²) in [5, 5.41) is 5.94. The highest BCUT2D eigenvalue weighted by Crippen LogP contribution is 2.53. The lowest BCUT2D eigenvalue weighted by Gasteiger charge is -1.99. The van der Waals surface area contributed by atoms with Gasteiger partial charge < -0.3 is 0 Å². The Morgan fingerprint density at radius 2 is 1.96 bits per heavy atom. The Hall–Kier alpha value is -2.27. The van der Waals surface area contributed by atoms with Crippen LogP contribution in [0, 0.1) is 13.8 Å². The van der Waals surface area contributed by atoms with Crippen LogP contribution in [-0.4, -0.2) is 19.6 Å². The summed E-state index contributed by atoms with van der Waals surface area (Å²) in [6.07, 6.45) is 3.96. The van der Waals surface area contributed by atoms with E-state index in [0.717, 1.165) is 29.1 Å². The van der Waals surface area contributed by atoms with Gasteiger partial charge in [0.1, 0.15) is 11.2 Å². The zero-order valence-electron chi connectivity index (χ0n) is 14.7. The molecular formula is C20H20N4S. The Morgan fingerprint density at radius 1 is 1.16 bits per heavy atom. The van der Waals surface area contributed by atoms with Crippen LogP contribution in [0.3, 0.4) is 0 Å². The summed E-state index contributed by atoms with van der Waals surface area (Å²) in [5.41, 5.74) is 5.04. The van der Waals surface area contributed by atoms with Gasteiger partial charge in [0.05, 0.1) is 5.39 Å². The molecule has 5 rings (SSSR count). The molecule has 0 bridgehead atoms. The number of hydrogen-bond acceptors (Lipinski definition) is 4. The van der Waals surface area contributed by atoms with Crippen molar-refractivity contribution in [1.82, 2.24) is 19.6 Å². The summed E-state index contributed by atoms with van der Waals surface area (Å²) in [6, 6.07) is 8.87. The molecule has 1 aliphatic carbocycles. The summed E-state index contributed by atoms with van der Waals surface area (Å²) in [6.45, 7) is 6.50. The van der Waals surface area contributed by atoms with Crippen LogP contribution in [-0.2, 0) is 6.42 Å². The van der Waals surface area contributed by atoms with E-state index in [0.29, 0.717) is 11.8 Å². The maximum Gasteiger partial charge on any atom is 0.167 e. The van der Waals surface area contributed by atoms with Crippen LogP contribution in [0.2, 0.25) is 0 Å². The van der Waals surface area contributed by atoms with Crippen molar-refractivity contribution >= 4 is 27.2 Å². The van der Waals surface area contributed by atoms with Crippen molar-refractivity contribution in [2.45, 2.75) is 45.4 Å². The van der Waals surface area contributed by atoms with E-state index >= 15 is 0 Å². The van der Waals surface area contributed by atoms with Gasteiger partial charge in [0.15, 0.2) is 11.5 Å². The summed E-state index contributed by atoms with van der Waals surface area (Å²) < 4.78 is 1.87. The Morgan fingerprint density at radius 3 is 2.72 bits per heavy atom. The fourth-order valence-corrected chi connectivity index (χ4v) is 4.90. The molecule has 25 heavy (non-hydrogen) atoms. The average Bonchev–Trinajstić information content (AvgIpc) is 3.17. The minimum absolute atomic E-state index is 0.433. The lowest BCUT2D eigenvalue weighted by Crippen LogP contribution is -1.91. The minimum atomic E-state index is 0.433. The number of rotatable bonds is 3. The van der Waals surface area contributed by atoms with E-state index in [4.69, 9.17) is 10.1 Å². The third-order valence-corrected chi connectivity index (χ3v) is 6.38. The van der Waals surface area contributed by atoms with Crippen LogP contribution >= 0.6 is 11.3 Å². The van der Waals surface area contributed by atoms with Crippen LogP contribution < -0.4 is 0 Å². The number of thiophene rings is 1. The largest absolute Gasteiger partial charge is 0.225 e. The molecule has 0 spiro atoms. The van der Waals surface area contributed by atoms with Gasteiger partial charge in [-0.3, -0.25) is 0 Å². The van der Waals surface area contributed by atoms with Crippen molar-refractivity contribution in [3.8, 4) is 0 Å². The topological polar surface area (TPSA) is 43.1 Å². The van der Waals surface area contributed by atoms with Gasteiger partial charge in [0, 0.05) is 10.8 Å². The lowest BCUT2D eigenvalue weighted by atomic mass is 10.1. The van der Waals surface area contributed by atoms with Crippen molar-refractivity contribution in [3.63, 3.8) is 0 Å². The van der Waals surface area contributed by atoms with Gasteiger partial charge in [0.2, 0.25) is 0 Å². The zero-order valence-corrected chi connectivity index (χ0v) is 15.5. The van der Waals surface area contributed by atoms with E-state index in [1.54, 1.807) is 11.3 Å². The van der Waals surface area contributed by atoms with Crippen LogP contribution in [0.5, 0.6) is 0 Å². The van der Waals surface area contributed by atoms with Gasteiger partial charge >= 0.3 is 0 Å². The Labute approximate surface area is 150 Å². The smallest absolute Gasteiger partial charge is 0.167 e. The molecule has 126 valence electrons. The van der Waals surface area contributed by atoms with Crippen molar-refractivity contribution in [3.05, 3.63) is 58.0 Å². The summed E-state index contributed by atoms with van der Waals surface area (Å²) in [5.74, 6) is 1.95. The van der Waals surface area contributed by atoms with E-state index in [9.17, 15) is 0 Å². The van der Waals surface area contributed by atoms with Crippen LogP contribution in [0.4, 0.5) is 0 Å². The minimum Gasteiger partial charge on any atom is -0.225 e. The molecule has 4 aromatic rings. The van der Waals surface area contributed by atoms with E-state index in [1.807, 2.05) is 10.8 Å². The molecule has 5 heteroatoms. The van der Waals surface area contributed by atoms with Crippen LogP contribution in [0.25, 0.3) is 15.9 Å². The molecule has 2 atom stereocenters. The van der Waals surface area contributed by atoms with E-state index < -0.39 is 0 Å². The van der Waals surface area contributed by atoms with Crippen LogP contribution in [0.15, 0.2) is 30.6 Å². The molecule has 1 aliphatic rings. The van der Waals surface area contributed by atoms with Gasteiger partial charge in [0.25, 0.3) is 0 Å². The molecule has 0 saturated heterocycles. The monoisotopic (exact) mass is 348 g/mol. The van der Waals surface area contributed by atoms with Crippen molar-refractivity contribution in [2.24, 2.45) is 0 Å². The molecule has 4 nitrogen and oxygen atoms in total. The quantitative estimate of drug-likeness (QED) is 0.535. The second-order valence-electron chi connectivity index (χ2n) is 7.01. The Kier molecular flexibility index (Phi) is 3.22. The fourth-order valence-electron chi connectivity index (χ4n) is 3.83. The lowest BCUT2D eigenvalue weighted by molar-refractivity contribution is 0.850. The first kappa shape index (κ1) is 15.0. The third-order valence-electron chi connectivity index (χ3n) is 5.33. The highest BCUT2D eigenvalue weighted by molar-refractivity contribution is 7.18. The maximum atomic E-state index is 4.94. The molecule has 0 aliphatic heterocycles. The zero-order chi connectivity index (χ0) is 17.1. The van der Waals surface area contributed by atoms with Crippen LogP contribution in [0.1, 0.15) is 52.6 Å². The van der Waals surface area contributed by atoms with Gasteiger partial charge in [-0.2, -0.15) is 0 Å². The predicted molar refractivity (Wildman–Crippen MR) is 102 cm³/mol. The number of nitrogens with zero attached hydrogens (tertiary/aromatic N) is 4. The molecule has 1 aromatic carbocycles. The van der Waals surface area contributed by atoms with Crippen molar-refractivity contribution in [1.29, 1.82) is 0 Å². The summed E-state index contributed by atoms with van der Waals surface area (Å²) in [7, 11) is 0. The molecule has 1 saturated carbocycles. The first-order valence-electron chi connectivity index (χ1n) is 8.85. The maximum absolute atomic E-state index is 4.94. The summed E-state index contributed by atoms with van der Waals surface area (Å²) in [4.78, 5) is 11.9. The SMILES string of the molecule is CCc1c(C)sc2ncn3nc([C@@H]4C[C@@H]4c4ccc(C)cc4)nc3c12. The second-order valence-corrected chi connectivity index (χ2v) is 8.22. The van der Waals surface area contributed by atoms with Crippen molar-refractivity contribution < 1.29 is 0 Å². The number of aromatic nitrogens is 4. The first-order valence-corrected chi connectivity index (χ1v) is 9.67. The predicted octanol–water partition coefficient (Wildman–Crippen LogP) is 4.79. The number of hydrogen-bond donors (Lipinski definition) is 0. The van der Waals surface area contributed by atoms with E-state index in [1.165, 1.54) is 27.0 Å². The number of benzene rings is 1. The Bertz CT molecular complexity index is 1090. The highest BCUT2D eigenvalue weighted by atomic mass is 32.1. The molecule has 3 aromatic heterocycles. The van der Waals surface area contributed by atoms with E-state index in [2.05, 4.69) is 50.0 Å². The van der Waals surface area contributed by atoms with E-state index in [-0.39, 0.29) is 0 Å². The highest BCUT2D eigenvalue weighted by Gasteiger charge is 2.42.